The van der Waals surface area contributed by atoms with Crippen molar-refractivity contribution in [1.82, 2.24) is 9.80 Å². The monoisotopic (exact) mass is 276 g/mol. The molecule has 4 nitrogen and oxygen atoms in total. The van der Waals surface area contributed by atoms with Crippen LogP contribution >= 0.6 is 0 Å². The smallest absolute Gasteiger partial charge is 0.0420 e. The topological polar surface area (TPSA) is 35.7 Å². The fourth-order valence-electron chi connectivity index (χ4n) is 2.73. The molecule has 1 heterocycles. The third-order valence-corrected chi connectivity index (χ3v) is 4.10. The lowest BCUT2D eigenvalue weighted by molar-refractivity contribution is 0.255. The Morgan fingerprint density at radius 3 is 2.70 bits per heavy atom. The van der Waals surface area contributed by atoms with Crippen LogP contribution in [0.3, 0.4) is 0 Å². The average Bonchev–Trinajstić information content (AvgIpc) is 2.81. The summed E-state index contributed by atoms with van der Waals surface area (Å²) in [6.07, 6.45) is 1.15. The van der Waals surface area contributed by atoms with Crippen molar-refractivity contribution in [2.45, 2.75) is 13.3 Å². The Hall–Kier alpha value is -1.26. The first-order valence-electron chi connectivity index (χ1n) is 7.60. The Morgan fingerprint density at radius 2 is 2.00 bits per heavy atom. The van der Waals surface area contributed by atoms with E-state index in [1.807, 2.05) is 6.07 Å². The molecule has 0 bridgehead atoms. The number of likely N-dealkylation sites (N-methyl/N-ethyl adjacent to an activating group) is 2. The molecule has 0 aromatic heterocycles. The molecule has 0 amide bonds. The van der Waals surface area contributed by atoms with E-state index < -0.39 is 0 Å². The van der Waals surface area contributed by atoms with Crippen molar-refractivity contribution in [3.63, 3.8) is 0 Å². The minimum absolute atomic E-state index is 0.871. The summed E-state index contributed by atoms with van der Waals surface area (Å²) in [4.78, 5) is 7.24. The van der Waals surface area contributed by atoms with Crippen molar-refractivity contribution in [2.75, 3.05) is 64.0 Å². The first kappa shape index (κ1) is 15.1. The predicted molar refractivity (Wildman–Crippen MR) is 87.4 cm³/mol. The summed E-state index contributed by atoms with van der Waals surface area (Å²) in [6, 6.07) is 6.31. The molecule has 0 aliphatic carbocycles. The van der Waals surface area contributed by atoms with Gasteiger partial charge >= 0.3 is 0 Å². The summed E-state index contributed by atoms with van der Waals surface area (Å²) in [5.74, 6) is 0. The van der Waals surface area contributed by atoms with E-state index in [1.165, 1.54) is 11.3 Å². The quantitative estimate of drug-likeness (QED) is 0.766. The Kier molecular flexibility index (Phi) is 5.26. The van der Waals surface area contributed by atoms with Crippen LogP contribution < -0.4 is 10.6 Å². The maximum Gasteiger partial charge on any atom is 0.0420 e. The number of rotatable bonds is 7. The molecule has 1 aromatic rings. The number of nitrogens with two attached hydrogens (primary N) is 1. The Morgan fingerprint density at radius 1 is 1.20 bits per heavy atom. The van der Waals surface area contributed by atoms with E-state index in [4.69, 9.17) is 5.73 Å². The first-order chi connectivity index (χ1) is 9.60. The molecule has 20 heavy (non-hydrogen) atoms. The standard InChI is InChI=1S/C16H28N4/c1-4-19(10-9-18(2)3)11-12-20-8-7-14-5-6-15(17)13-16(14)20/h5-6,13H,4,7-12,17H2,1-3H3. The van der Waals surface area contributed by atoms with Gasteiger partial charge in [-0.2, -0.15) is 0 Å². The molecule has 112 valence electrons. The van der Waals surface area contributed by atoms with Crippen LogP contribution in [0.5, 0.6) is 0 Å². The fourth-order valence-corrected chi connectivity index (χ4v) is 2.73. The van der Waals surface area contributed by atoms with Gasteiger partial charge in [-0.05, 0) is 44.8 Å². The number of nitrogens with zero attached hydrogens (tertiary/aromatic N) is 3. The van der Waals surface area contributed by atoms with Gasteiger partial charge in [0.25, 0.3) is 0 Å². The van der Waals surface area contributed by atoms with E-state index >= 15 is 0 Å². The molecule has 0 saturated carbocycles. The second-order valence-corrected chi connectivity index (χ2v) is 5.86. The highest BCUT2D eigenvalue weighted by Crippen LogP contribution is 2.29. The predicted octanol–water partition coefficient (Wildman–Crippen LogP) is 1.51. The number of benzene rings is 1. The van der Waals surface area contributed by atoms with E-state index in [0.29, 0.717) is 0 Å². The normalized spacial score (nSPS) is 14.3. The van der Waals surface area contributed by atoms with Crippen LogP contribution in [-0.2, 0) is 6.42 Å². The molecule has 0 spiro atoms. The molecule has 1 aliphatic heterocycles. The summed E-state index contributed by atoms with van der Waals surface area (Å²) < 4.78 is 0. The van der Waals surface area contributed by atoms with Gasteiger partial charge in [-0.3, -0.25) is 0 Å². The van der Waals surface area contributed by atoms with Gasteiger partial charge in [-0.15, -0.1) is 0 Å². The number of nitrogen functional groups attached to an aromatic ring is 1. The van der Waals surface area contributed by atoms with Crippen LogP contribution in [0.1, 0.15) is 12.5 Å². The van der Waals surface area contributed by atoms with Gasteiger partial charge in [0.2, 0.25) is 0 Å². The van der Waals surface area contributed by atoms with Crippen LogP contribution in [0.2, 0.25) is 0 Å². The SMILES string of the molecule is CCN(CCN(C)C)CCN1CCc2ccc(N)cc21. The number of anilines is 2. The molecule has 4 heteroatoms. The van der Waals surface area contributed by atoms with Gasteiger partial charge in [-0.1, -0.05) is 13.0 Å². The van der Waals surface area contributed by atoms with E-state index in [0.717, 1.165) is 51.4 Å². The van der Waals surface area contributed by atoms with E-state index in [9.17, 15) is 0 Å². The van der Waals surface area contributed by atoms with E-state index in [1.54, 1.807) is 0 Å². The average molecular weight is 276 g/mol. The van der Waals surface area contributed by atoms with Crippen LogP contribution in [0, 0.1) is 0 Å². The lowest BCUT2D eigenvalue weighted by atomic mass is 10.1. The van der Waals surface area contributed by atoms with Crippen molar-refractivity contribution in [3.8, 4) is 0 Å². The summed E-state index contributed by atoms with van der Waals surface area (Å²) in [7, 11) is 4.26. The zero-order valence-electron chi connectivity index (χ0n) is 13.1. The van der Waals surface area contributed by atoms with Gasteiger partial charge in [0.05, 0.1) is 0 Å². The van der Waals surface area contributed by atoms with Gasteiger partial charge in [0.15, 0.2) is 0 Å². The van der Waals surface area contributed by atoms with Crippen molar-refractivity contribution in [1.29, 1.82) is 0 Å². The minimum atomic E-state index is 0.871. The Bertz CT molecular complexity index is 430. The molecule has 1 aliphatic rings. The van der Waals surface area contributed by atoms with Crippen molar-refractivity contribution < 1.29 is 0 Å². The summed E-state index contributed by atoms with van der Waals surface area (Å²) in [6.45, 7) is 8.97. The highest BCUT2D eigenvalue weighted by molar-refractivity contribution is 5.64. The number of fused-ring (bicyclic) bond motifs is 1. The van der Waals surface area contributed by atoms with Crippen LogP contribution in [0.25, 0.3) is 0 Å². The molecule has 2 rings (SSSR count). The third-order valence-electron chi connectivity index (χ3n) is 4.10. The zero-order valence-corrected chi connectivity index (χ0v) is 13.1. The maximum absolute atomic E-state index is 5.91. The molecule has 0 saturated heterocycles. The summed E-state index contributed by atoms with van der Waals surface area (Å²) in [5.41, 5.74) is 9.57. The molecule has 2 N–H and O–H groups in total. The number of hydrogen-bond donors (Lipinski definition) is 1. The van der Waals surface area contributed by atoms with Crippen LogP contribution in [-0.4, -0.2) is 63.2 Å². The van der Waals surface area contributed by atoms with E-state index in [2.05, 4.69) is 47.9 Å². The van der Waals surface area contributed by atoms with Gasteiger partial charge < -0.3 is 20.4 Å². The molecule has 0 fully saturated rings. The Labute approximate surface area is 123 Å². The highest BCUT2D eigenvalue weighted by Gasteiger charge is 2.19. The lowest BCUT2D eigenvalue weighted by Gasteiger charge is -2.26. The molecular weight excluding hydrogens is 248 g/mol. The molecule has 1 aromatic carbocycles. The summed E-state index contributed by atoms with van der Waals surface area (Å²) in [5, 5.41) is 0. The number of hydrogen-bond acceptors (Lipinski definition) is 4. The Balaban J connectivity index is 1.87. The van der Waals surface area contributed by atoms with Gasteiger partial charge in [0, 0.05) is 44.1 Å². The second-order valence-electron chi connectivity index (χ2n) is 5.86. The molecular formula is C16H28N4. The molecule has 0 radical (unpaired) electrons. The van der Waals surface area contributed by atoms with Crippen molar-refractivity contribution >= 4 is 11.4 Å². The van der Waals surface area contributed by atoms with Crippen molar-refractivity contribution in [3.05, 3.63) is 23.8 Å². The first-order valence-corrected chi connectivity index (χ1v) is 7.60. The molecule has 0 atom stereocenters. The third kappa shape index (κ3) is 3.87. The summed E-state index contributed by atoms with van der Waals surface area (Å²) >= 11 is 0. The van der Waals surface area contributed by atoms with Gasteiger partial charge in [-0.25, -0.2) is 0 Å². The van der Waals surface area contributed by atoms with Crippen LogP contribution in [0.4, 0.5) is 11.4 Å². The van der Waals surface area contributed by atoms with Crippen molar-refractivity contribution in [2.24, 2.45) is 0 Å². The minimum Gasteiger partial charge on any atom is -0.399 e. The van der Waals surface area contributed by atoms with E-state index in [-0.39, 0.29) is 0 Å². The lowest BCUT2D eigenvalue weighted by Crippen LogP contribution is -2.37. The second kappa shape index (κ2) is 6.95. The highest BCUT2D eigenvalue weighted by atomic mass is 15.2. The molecule has 0 unspecified atom stereocenters. The van der Waals surface area contributed by atoms with Crippen LogP contribution in [0.15, 0.2) is 18.2 Å². The largest absolute Gasteiger partial charge is 0.399 e. The zero-order chi connectivity index (χ0) is 14.5. The van der Waals surface area contributed by atoms with Gasteiger partial charge in [0.1, 0.15) is 0 Å². The fraction of sp³-hybridized carbons (Fsp3) is 0.625. The maximum atomic E-state index is 5.91.